The normalized spacial score (nSPS) is 14.9. The molecule has 0 radical (unpaired) electrons. The van der Waals surface area contributed by atoms with E-state index in [2.05, 4.69) is 32.0 Å². The van der Waals surface area contributed by atoms with Crippen LogP contribution in [0.2, 0.25) is 0 Å². The lowest BCUT2D eigenvalue weighted by molar-refractivity contribution is -0.142. The third-order valence-corrected chi connectivity index (χ3v) is 3.51. The van der Waals surface area contributed by atoms with Gasteiger partial charge in [-0.1, -0.05) is 32.0 Å². The quantitative estimate of drug-likeness (QED) is 0.739. The molecule has 1 fully saturated rings. The van der Waals surface area contributed by atoms with Crippen molar-refractivity contribution in [3.8, 4) is 0 Å². The van der Waals surface area contributed by atoms with Crippen molar-refractivity contribution in [3.63, 3.8) is 0 Å². The lowest BCUT2D eigenvalue weighted by atomic mass is 9.89. The Balaban J connectivity index is 2.31. The van der Waals surface area contributed by atoms with E-state index in [1.807, 2.05) is 6.92 Å². The van der Waals surface area contributed by atoms with Gasteiger partial charge in [0.25, 0.3) is 0 Å². The third kappa shape index (κ3) is 2.92. The smallest absolute Gasteiger partial charge is 0.310 e. The Morgan fingerprint density at radius 1 is 1.39 bits per heavy atom. The van der Waals surface area contributed by atoms with Gasteiger partial charge in [-0.2, -0.15) is 0 Å². The summed E-state index contributed by atoms with van der Waals surface area (Å²) in [6, 6.07) is 6.45. The Labute approximate surface area is 109 Å². The van der Waals surface area contributed by atoms with Gasteiger partial charge in [0, 0.05) is 0 Å². The predicted molar refractivity (Wildman–Crippen MR) is 72.8 cm³/mol. The highest BCUT2D eigenvalue weighted by molar-refractivity contribution is 5.74. The Hall–Kier alpha value is -1.31. The van der Waals surface area contributed by atoms with Gasteiger partial charge in [0.15, 0.2) is 0 Å². The molecule has 0 unspecified atom stereocenters. The van der Waals surface area contributed by atoms with Gasteiger partial charge in [-0.15, -0.1) is 0 Å². The Morgan fingerprint density at radius 3 is 2.67 bits per heavy atom. The van der Waals surface area contributed by atoms with Crippen molar-refractivity contribution < 1.29 is 9.53 Å². The van der Waals surface area contributed by atoms with Gasteiger partial charge in [-0.25, -0.2) is 0 Å². The molecular formula is C16H22O2. The van der Waals surface area contributed by atoms with Crippen molar-refractivity contribution in [1.29, 1.82) is 0 Å². The van der Waals surface area contributed by atoms with E-state index in [1.165, 1.54) is 29.5 Å². The molecule has 0 saturated heterocycles. The zero-order chi connectivity index (χ0) is 13.1. The molecule has 0 bridgehead atoms. The van der Waals surface area contributed by atoms with E-state index in [-0.39, 0.29) is 5.97 Å². The Morgan fingerprint density at radius 2 is 2.11 bits per heavy atom. The van der Waals surface area contributed by atoms with Crippen molar-refractivity contribution in [1.82, 2.24) is 0 Å². The SMILES string of the molecule is CCOC(=O)Cc1c(C(C)C)cccc1C1CC1. The predicted octanol–water partition coefficient (Wildman–Crippen LogP) is 3.79. The van der Waals surface area contributed by atoms with E-state index in [4.69, 9.17) is 4.74 Å². The molecular weight excluding hydrogens is 224 g/mol. The molecule has 0 heterocycles. The second-order valence-electron chi connectivity index (χ2n) is 5.33. The van der Waals surface area contributed by atoms with Gasteiger partial charge >= 0.3 is 5.97 Å². The number of ether oxygens (including phenoxy) is 1. The highest BCUT2D eigenvalue weighted by Gasteiger charge is 2.28. The maximum atomic E-state index is 11.8. The molecule has 1 aliphatic carbocycles. The fraction of sp³-hybridized carbons (Fsp3) is 0.562. The van der Waals surface area contributed by atoms with E-state index in [9.17, 15) is 4.79 Å². The van der Waals surface area contributed by atoms with Crippen molar-refractivity contribution in [3.05, 3.63) is 34.9 Å². The third-order valence-electron chi connectivity index (χ3n) is 3.51. The first kappa shape index (κ1) is 13.1. The summed E-state index contributed by atoms with van der Waals surface area (Å²) in [4.78, 5) is 11.8. The van der Waals surface area contributed by atoms with Crippen LogP contribution < -0.4 is 0 Å². The molecule has 1 aromatic rings. The summed E-state index contributed by atoms with van der Waals surface area (Å²) < 4.78 is 5.10. The summed E-state index contributed by atoms with van der Waals surface area (Å²) in [7, 11) is 0. The zero-order valence-electron chi connectivity index (χ0n) is 11.5. The van der Waals surface area contributed by atoms with E-state index in [0.29, 0.717) is 24.9 Å². The van der Waals surface area contributed by atoms with Crippen LogP contribution in [-0.2, 0) is 16.0 Å². The van der Waals surface area contributed by atoms with Crippen LogP contribution in [0.5, 0.6) is 0 Å². The molecule has 0 atom stereocenters. The number of benzene rings is 1. The topological polar surface area (TPSA) is 26.3 Å². The summed E-state index contributed by atoms with van der Waals surface area (Å²) in [6.45, 7) is 6.68. The van der Waals surface area contributed by atoms with E-state index >= 15 is 0 Å². The van der Waals surface area contributed by atoms with Crippen molar-refractivity contribution in [2.75, 3.05) is 6.61 Å². The molecule has 2 rings (SSSR count). The lowest BCUT2D eigenvalue weighted by Gasteiger charge is -2.16. The fourth-order valence-electron chi connectivity index (χ4n) is 2.50. The fourth-order valence-corrected chi connectivity index (χ4v) is 2.50. The van der Waals surface area contributed by atoms with Crippen LogP contribution in [0.1, 0.15) is 62.1 Å². The van der Waals surface area contributed by atoms with Crippen LogP contribution in [0.15, 0.2) is 18.2 Å². The lowest BCUT2D eigenvalue weighted by Crippen LogP contribution is -2.12. The van der Waals surface area contributed by atoms with Crippen LogP contribution in [-0.4, -0.2) is 12.6 Å². The Kier molecular flexibility index (Phi) is 4.05. The zero-order valence-corrected chi connectivity index (χ0v) is 11.5. The molecule has 2 heteroatoms. The molecule has 0 amide bonds. The molecule has 1 saturated carbocycles. The first-order valence-electron chi connectivity index (χ1n) is 6.90. The molecule has 98 valence electrons. The minimum Gasteiger partial charge on any atom is -0.466 e. The maximum absolute atomic E-state index is 11.8. The van der Waals surface area contributed by atoms with Gasteiger partial charge in [-0.05, 0) is 48.3 Å². The van der Waals surface area contributed by atoms with Crippen molar-refractivity contribution in [2.24, 2.45) is 0 Å². The van der Waals surface area contributed by atoms with Crippen LogP contribution in [0.4, 0.5) is 0 Å². The number of esters is 1. The highest BCUT2D eigenvalue weighted by Crippen LogP contribution is 2.43. The van der Waals surface area contributed by atoms with Gasteiger partial charge < -0.3 is 4.74 Å². The summed E-state index contributed by atoms with van der Waals surface area (Å²) in [6.07, 6.45) is 2.95. The summed E-state index contributed by atoms with van der Waals surface area (Å²) in [5.74, 6) is 1.02. The molecule has 0 N–H and O–H groups in total. The summed E-state index contributed by atoms with van der Waals surface area (Å²) in [5, 5.41) is 0. The number of carbonyl (C=O) groups is 1. The average Bonchev–Trinajstić information content (AvgIpc) is 3.13. The maximum Gasteiger partial charge on any atom is 0.310 e. The van der Waals surface area contributed by atoms with Gasteiger partial charge in [0.1, 0.15) is 0 Å². The standard InChI is InChI=1S/C16H22O2/c1-4-18-16(17)10-15-13(11(2)3)6-5-7-14(15)12-8-9-12/h5-7,11-12H,4,8-10H2,1-3H3. The van der Waals surface area contributed by atoms with E-state index in [1.54, 1.807) is 0 Å². The average molecular weight is 246 g/mol. The van der Waals surface area contributed by atoms with Gasteiger partial charge in [0.2, 0.25) is 0 Å². The monoisotopic (exact) mass is 246 g/mol. The van der Waals surface area contributed by atoms with Crippen molar-refractivity contribution in [2.45, 2.75) is 51.9 Å². The first-order valence-corrected chi connectivity index (χ1v) is 6.90. The molecule has 0 aliphatic heterocycles. The molecule has 2 nitrogen and oxygen atoms in total. The largest absolute Gasteiger partial charge is 0.466 e. The number of hydrogen-bond acceptors (Lipinski definition) is 2. The molecule has 0 aromatic heterocycles. The molecule has 1 aliphatic rings. The van der Waals surface area contributed by atoms with E-state index in [0.717, 1.165) is 0 Å². The van der Waals surface area contributed by atoms with E-state index < -0.39 is 0 Å². The van der Waals surface area contributed by atoms with Crippen molar-refractivity contribution >= 4 is 5.97 Å². The van der Waals surface area contributed by atoms with Crippen LogP contribution in [0.3, 0.4) is 0 Å². The minimum absolute atomic E-state index is 0.104. The van der Waals surface area contributed by atoms with Gasteiger partial charge in [0.05, 0.1) is 13.0 Å². The number of carbonyl (C=O) groups excluding carboxylic acids is 1. The second-order valence-corrected chi connectivity index (χ2v) is 5.33. The van der Waals surface area contributed by atoms with Crippen LogP contribution in [0.25, 0.3) is 0 Å². The molecule has 1 aromatic carbocycles. The van der Waals surface area contributed by atoms with Gasteiger partial charge in [-0.3, -0.25) is 4.79 Å². The first-order chi connectivity index (χ1) is 8.63. The second kappa shape index (κ2) is 5.55. The number of hydrogen-bond donors (Lipinski definition) is 0. The summed E-state index contributed by atoms with van der Waals surface area (Å²) >= 11 is 0. The highest BCUT2D eigenvalue weighted by atomic mass is 16.5. The van der Waals surface area contributed by atoms with Crippen LogP contribution >= 0.6 is 0 Å². The molecule has 0 spiro atoms. The number of rotatable bonds is 5. The Bertz CT molecular complexity index is 410. The molecule has 18 heavy (non-hydrogen) atoms. The minimum atomic E-state index is -0.104. The summed E-state index contributed by atoms with van der Waals surface area (Å²) in [5.41, 5.74) is 3.88. The van der Waals surface area contributed by atoms with Crippen LogP contribution in [0, 0.1) is 0 Å².